The number of anilines is 2. The number of benzene rings is 1. The van der Waals surface area contributed by atoms with Crippen LogP contribution in [0, 0.1) is 6.92 Å². The van der Waals surface area contributed by atoms with E-state index in [1.54, 1.807) is 18.6 Å². The van der Waals surface area contributed by atoms with Gasteiger partial charge < -0.3 is 10.2 Å². The van der Waals surface area contributed by atoms with Crippen LogP contribution in [0.1, 0.15) is 5.69 Å². The molecule has 5 rings (SSSR count). The van der Waals surface area contributed by atoms with Crippen LogP contribution >= 0.6 is 23.2 Å². The highest BCUT2D eigenvalue weighted by Crippen LogP contribution is 2.33. The van der Waals surface area contributed by atoms with E-state index in [4.69, 9.17) is 23.2 Å². The van der Waals surface area contributed by atoms with Crippen molar-refractivity contribution in [3.8, 4) is 0 Å². The number of nitrogens with one attached hydrogen (secondary N) is 1. The smallest absolute Gasteiger partial charge is 0.137 e. The summed E-state index contributed by atoms with van der Waals surface area (Å²) in [5, 5.41) is 11.2. The van der Waals surface area contributed by atoms with Crippen LogP contribution < -0.4 is 10.2 Å². The SMILES string of the molecule is Cc1c2c(ccc3c(NC4CN(c5cc(Cl)ncc5Cl)C4)ncnc32)nn1C. The molecule has 0 amide bonds. The summed E-state index contributed by atoms with van der Waals surface area (Å²) in [6.07, 6.45) is 3.19. The molecule has 0 atom stereocenters. The van der Waals surface area contributed by atoms with E-state index in [-0.39, 0.29) is 6.04 Å². The van der Waals surface area contributed by atoms with Gasteiger partial charge >= 0.3 is 0 Å². The monoisotopic (exact) mass is 413 g/mol. The summed E-state index contributed by atoms with van der Waals surface area (Å²) < 4.78 is 1.88. The highest BCUT2D eigenvalue weighted by atomic mass is 35.5. The van der Waals surface area contributed by atoms with Gasteiger partial charge in [-0.05, 0) is 19.1 Å². The highest BCUT2D eigenvalue weighted by molar-refractivity contribution is 6.34. The van der Waals surface area contributed by atoms with Gasteiger partial charge in [-0.3, -0.25) is 4.68 Å². The van der Waals surface area contributed by atoms with Gasteiger partial charge in [0.15, 0.2) is 0 Å². The predicted octanol–water partition coefficient (Wildman–Crippen LogP) is 3.83. The molecule has 0 spiro atoms. The van der Waals surface area contributed by atoms with E-state index < -0.39 is 0 Å². The maximum Gasteiger partial charge on any atom is 0.137 e. The average Bonchev–Trinajstić information content (AvgIpc) is 2.94. The second kappa shape index (κ2) is 6.46. The van der Waals surface area contributed by atoms with Crippen molar-refractivity contribution >= 4 is 56.5 Å². The zero-order valence-corrected chi connectivity index (χ0v) is 16.8. The number of aromatic nitrogens is 5. The lowest BCUT2D eigenvalue weighted by Gasteiger charge is -2.42. The number of fused-ring (bicyclic) bond motifs is 3. The molecule has 0 radical (unpaired) electrons. The number of nitrogens with zero attached hydrogens (tertiary/aromatic N) is 6. The molecule has 4 aromatic rings. The zero-order valence-electron chi connectivity index (χ0n) is 15.3. The number of hydrogen-bond donors (Lipinski definition) is 1. The number of rotatable bonds is 3. The molecule has 1 aliphatic rings. The van der Waals surface area contributed by atoms with Crippen LogP contribution in [0.25, 0.3) is 21.8 Å². The van der Waals surface area contributed by atoms with Crippen molar-refractivity contribution in [2.24, 2.45) is 7.05 Å². The minimum atomic E-state index is 0.256. The van der Waals surface area contributed by atoms with Crippen LogP contribution in [0.4, 0.5) is 11.5 Å². The minimum Gasteiger partial charge on any atom is -0.366 e. The number of aryl methyl sites for hydroxylation is 2. The standard InChI is InChI=1S/C19H17Cl2N7/c1-10-17-14(26-27(10)2)4-3-12-18(17)23-9-24-19(12)25-11-7-28(8-11)15-5-16(21)22-6-13(15)20/h3-6,9,11H,7-8H2,1-2H3,(H,23,24,25). The third kappa shape index (κ3) is 2.73. The Morgan fingerprint density at radius 1 is 1.14 bits per heavy atom. The molecule has 1 saturated heterocycles. The molecule has 0 unspecified atom stereocenters. The van der Waals surface area contributed by atoms with Gasteiger partial charge in [0.25, 0.3) is 0 Å². The maximum atomic E-state index is 6.25. The molecule has 0 aliphatic carbocycles. The molecule has 1 aromatic carbocycles. The topological polar surface area (TPSA) is 71.8 Å². The summed E-state index contributed by atoms with van der Waals surface area (Å²) in [6.45, 7) is 3.66. The number of pyridine rings is 1. The lowest BCUT2D eigenvalue weighted by Crippen LogP contribution is -2.55. The van der Waals surface area contributed by atoms with Gasteiger partial charge in [0, 0.05) is 48.9 Å². The van der Waals surface area contributed by atoms with Crippen LogP contribution in [0.15, 0.2) is 30.7 Å². The Labute approximate surface area is 171 Å². The van der Waals surface area contributed by atoms with Gasteiger partial charge in [-0.2, -0.15) is 5.10 Å². The number of hydrogen-bond acceptors (Lipinski definition) is 6. The molecular formula is C19H17Cl2N7. The first-order valence-corrected chi connectivity index (χ1v) is 9.66. The Bertz CT molecular complexity index is 1210. The zero-order chi connectivity index (χ0) is 19.4. The van der Waals surface area contributed by atoms with Gasteiger partial charge in [-0.1, -0.05) is 23.2 Å². The van der Waals surface area contributed by atoms with Crippen LogP contribution in [0.3, 0.4) is 0 Å². The average molecular weight is 414 g/mol. The molecular weight excluding hydrogens is 397 g/mol. The van der Waals surface area contributed by atoms with Gasteiger partial charge in [0.1, 0.15) is 17.3 Å². The quantitative estimate of drug-likeness (QED) is 0.514. The van der Waals surface area contributed by atoms with Crippen molar-refractivity contribution in [1.82, 2.24) is 24.7 Å². The number of halogens is 2. The molecule has 4 heterocycles. The van der Waals surface area contributed by atoms with E-state index in [1.807, 2.05) is 23.9 Å². The minimum absolute atomic E-state index is 0.256. The maximum absolute atomic E-state index is 6.25. The Hall–Kier alpha value is -2.64. The summed E-state index contributed by atoms with van der Waals surface area (Å²) in [6, 6.07) is 6.10. The Morgan fingerprint density at radius 2 is 1.96 bits per heavy atom. The first-order chi connectivity index (χ1) is 13.5. The van der Waals surface area contributed by atoms with Crippen molar-refractivity contribution in [2.45, 2.75) is 13.0 Å². The molecule has 1 aliphatic heterocycles. The van der Waals surface area contributed by atoms with Crippen LogP contribution in [-0.2, 0) is 7.05 Å². The molecule has 7 nitrogen and oxygen atoms in total. The molecule has 1 N–H and O–H groups in total. The summed E-state index contributed by atoms with van der Waals surface area (Å²) in [4.78, 5) is 15.2. The molecule has 28 heavy (non-hydrogen) atoms. The Balaban J connectivity index is 1.42. The molecule has 1 fully saturated rings. The van der Waals surface area contributed by atoms with E-state index in [2.05, 4.69) is 37.2 Å². The van der Waals surface area contributed by atoms with E-state index in [1.165, 1.54) is 0 Å². The van der Waals surface area contributed by atoms with Gasteiger partial charge in [0.2, 0.25) is 0 Å². The van der Waals surface area contributed by atoms with E-state index in [0.717, 1.165) is 52.1 Å². The van der Waals surface area contributed by atoms with Crippen molar-refractivity contribution in [3.05, 3.63) is 46.6 Å². The van der Waals surface area contributed by atoms with Crippen molar-refractivity contribution in [3.63, 3.8) is 0 Å². The van der Waals surface area contributed by atoms with Crippen molar-refractivity contribution in [2.75, 3.05) is 23.3 Å². The normalized spacial score (nSPS) is 14.6. The van der Waals surface area contributed by atoms with E-state index in [0.29, 0.717) is 10.2 Å². The fourth-order valence-corrected chi connectivity index (χ4v) is 4.05. The molecule has 0 saturated carbocycles. The summed E-state index contributed by atoms with van der Waals surface area (Å²) in [7, 11) is 1.95. The van der Waals surface area contributed by atoms with Gasteiger partial charge in [-0.15, -0.1) is 0 Å². The lowest BCUT2D eigenvalue weighted by atomic mass is 10.1. The van der Waals surface area contributed by atoms with Crippen LogP contribution in [0.2, 0.25) is 10.2 Å². The fraction of sp³-hybridized carbons (Fsp3) is 0.263. The summed E-state index contributed by atoms with van der Waals surface area (Å²) in [5.41, 5.74) is 3.85. The Morgan fingerprint density at radius 3 is 2.79 bits per heavy atom. The van der Waals surface area contributed by atoms with Crippen LogP contribution in [-0.4, -0.2) is 43.9 Å². The first kappa shape index (κ1) is 17.5. The summed E-state index contributed by atoms with van der Waals surface area (Å²) >= 11 is 12.3. The van der Waals surface area contributed by atoms with E-state index >= 15 is 0 Å². The molecule has 9 heteroatoms. The van der Waals surface area contributed by atoms with E-state index in [9.17, 15) is 0 Å². The second-order valence-corrected chi connectivity index (χ2v) is 7.79. The van der Waals surface area contributed by atoms with Crippen LogP contribution in [0.5, 0.6) is 0 Å². The lowest BCUT2D eigenvalue weighted by molar-refractivity contribution is 0.549. The largest absolute Gasteiger partial charge is 0.366 e. The van der Waals surface area contributed by atoms with Crippen molar-refractivity contribution in [1.29, 1.82) is 0 Å². The first-order valence-electron chi connectivity index (χ1n) is 8.91. The second-order valence-electron chi connectivity index (χ2n) is 6.99. The molecule has 3 aromatic heterocycles. The fourth-order valence-electron chi connectivity index (χ4n) is 3.68. The molecule has 142 valence electrons. The van der Waals surface area contributed by atoms with Crippen molar-refractivity contribution < 1.29 is 0 Å². The highest BCUT2D eigenvalue weighted by Gasteiger charge is 2.29. The summed E-state index contributed by atoms with van der Waals surface area (Å²) in [5.74, 6) is 0.832. The predicted molar refractivity (Wildman–Crippen MR) is 112 cm³/mol. The third-order valence-electron chi connectivity index (χ3n) is 5.25. The van der Waals surface area contributed by atoms with Gasteiger partial charge in [0.05, 0.1) is 27.8 Å². The Kier molecular flexibility index (Phi) is 4.03. The third-order valence-corrected chi connectivity index (χ3v) is 5.75. The van der Waals surface area contributed by atoms with Gasteiger partial charge in [-0.25, -0.2) is 15.0 Å². The molecule has 0 bridgehead atoms.